The largest absolute Gasteiger partial charge is 0.416 e. The lowest BCUT2D eigenvalue weighted by Gasteiger charge is -2.30. The average Bonchev–Trinajstić information content (AvgIpc) is 3.64. The first kappa shape index (κ1) is 21.4. The van der Waals surface area contributed by atoms with Gasteiger partial charge < -0.3 is 21.3 Å². The van der Waals surface area contributed by atoms with Crippen LogP contribution < -0.4 is 21.3 Å². The van der Waals surface area contributed by atoms with Crippen LogP contribution in [0.25, 0.3) is 0 Å². The van der Waals surface area contributed by atoms with E-state index in [9.17, 15) is 18.0 Å². The van der Waals surface area contributed by atoms with Gasteiger partial charge in [-0.05, 0) is 67.7 Å². The fourth-order valence-corrected chi connectivity index (χ4v) is 4.13. The van der Waals surface area contributed by atoms with Gasteiger partial charge in [-0.2, -0.15) is 13.2 Å². The fraction of sp³-hybridized carbons (Fsp3) is 0.364. The van der Waals surface area contributed by atoms with Gasteiger partial charge in [0.15, 0.2) is 5.11 Å². The quantitative estimate of drug-likeness (QED) is 0.490. The van der Waals surface area contributed by atoms with Crippen molar-refractivity contribution in [2.24, 2.45) is 0 Å². The zero-order valence-corrected chi connectivity index (χ0v) is 17.5. The number of hydrogen-bond acceptors (Lipinski definition) is 2. The highest BCUT2D eigenvalue weighted by Crippen LogP contribution is 2.57. The Kier molecular flexibility index (Phi) is 5.55. The molecule has 164 valence electrons. The molecule has 31 heavy (non-hydrogen) atoms. The summed E-state index contributed by atoms with van der Waals surface area (Å²) in [6.45, 7) is 0.609. The monoisotopic (exact) mass is 448 g/mol. The van der Waals surface area contributed by atoms with Crippen LogP contribution in [0.1, 0.15) is 36.8 Å². The highest BCUT2D eigenvalue weighted by Gasteiger charge is 2.67. The summed E-state index contributed by atoms with van der Waals surface area (Å²) in [7, 11) is 0. The minimum absolute atomic E-state index is 0.286. The highest BCUT2D eigenvalue weighted by atomic mass is 32.1. The van der Waals surface area contributed by atoms with E-state index in [1.54, 1.807) is 0 Å². The third kappa shape index (κ3) is 4.92. The number of nitrogens with one attached hydrogen (secondary N) is 4. The van der Waals surface area contributed by atoms with Crippen molar-refractivity contribution in [3.05, 3.63) is 65.7 Å². The van der Waals surface area contributed by atoms with E-state index in [1.807, 2.05) is 30.3 Å². The first-order valence-electron chi connectivity index (χ1n) is 10.1. The molecular weight excluding hydrogens is 425 g/mol. The van der Waals surface area contributed by atoms with E-state index in [-0.39, 0.29) is 5.54 Å². The van der Waals surface area contributed by atoms with Crippen LogP contribution >= 0.6 is 12.2 Å². The zero-order valence-electron chi connectivity index (χ0n) is 16.7. The summed E-state index contributed by atoms with van der Waals surface area (Å²) in [5.41, 5.74) is -0.0205. The molecule has 0 heterocycles. The number of alkyl halides is 3. The Labute approximate surface area is 183 Å². The maximum absolute atomic E-state index is 12.7. The van der Waals surface area contributed by atoms with Gasteiger partial charge in [0.1, 0.15) is 0 Å². The zero-order chi connectivity index (χ0) is 22.1. The van der Waals surface area contributed by atoms with Gasteiger partial charge in [-0.1, -0.05) is 30.3 Å². The molecule has 0 radical (unpaired) electrons. The van der Waals surface area contributed by atoms with Crippen LogP contribution in [0.5, 0.6) is 0 Å². The number of carbonyl (C=O) groups excluding carboxylic acids is 1. The Morgan fingerprint density at radius 3 is 2.03 bits per heavy atom. The van der Waals surface area contributed by atoms with Gasteiger partial charge >= 0.3 is 12.2 Å². The van der Waals surface area contributed by atoms with Crippen LogP contribution in [0.4, 0.5) is 23.7 Å². The van der Waals surface area contributed by atoms with E-state index in [0.717, 1.165) is 43.4 Å². The number of halogens is 3. The molecule has 0 atom stereocenters. The van der Waals surface area contributed by atoms with Gasteiger partial charge in [0.05, 0.1) is 16.6 Å². The molecule has 9 heteroatoms. The Bertz CT molecular complexity index is 955. The van der Waals surface area contributed by atoms with E-state index >= 15 is 0 Å². The first-order valence-corrected chi connectivity index (χ1v) is 10.5. The smallest absolute Gasteiger partial charge is 0.359 e. The number of thiocarbonyl (C=S) groups is 1. The number of amides is 2. The second-order valence-corrected chi connectivity index (χ2v) is 8.52. The Hall–Kier alpha value is -2.81. The molecule has 0 aromatic heterocycles. The lowest BCUT2D eigenvalue weighted by molar-refractivity contribution is -0.137. The summed E-state index contributed by atoms with van der Waals surface area (Å²) >= 11 is 5.46. The van der Waals surface area contributed by atoms with Crippen LogP contribution in [0, 0.1) is 0 Å². The third-order valence-corrected chi connectivity index (χ3v) is 6.13. The van der Waals surface area contributed by atoms with E-state index in [2.05, 4.69) is 21.3 Å². The van der Waals surface area contributed by atoms with Crippen molar-refractivity contribution in [2.45, 2.75) is 49.5 Å². The van der Waals surface area contributed by atoms with Crippen LogP contribution in [0.15, 0.2) is 54.6 Å². The van der Waals surface area contributed by atoms with Crippen molar-refractivity contribution >= 4 is 29.0 Å². The topological polar surface area (TPSA) is 65.2 Å². The minimum atomic E-state index is -4.41. The van der Waals surface area contributed by atoms with Crippen molar-refractivity contribution in [3.8, 4) is 0 Å². The van der Waals surface area contributed by atoms with Crippen molar-refractivity contribution in [1.82, 2.24) is 16.0 Å². The fourth-order valence-electron chi connectivity index (χ4n) is 3.86. The van der Waals surface area contributed by atoms with E-state index < -0.39 is 23.3 Å². The summed E-state index contributed by atoms with van der Waals surface area (Å²) in [5.74, 6) is 0. The van der Waals surface area contributed by atoms with Gasteiger partial charge in [0.25, 0.3) is 0 Å². The van der Waals surface area contributed by atoms with Gasteiger partial charge in [0, 0.05) is 12.2 Å². The third-order valence-electron chi connectivity index (χ3n) is 5.89. The predicted octanol–water partition coefficient (Wildman–Crippen LogP) is 4.56. The molecule has 0 saturated heterocycles. The van der Waals surface area contributed by atoms with E-state index in [0.29, 0.717) is 17.3 Å². The molecule has 2 amide bonds. The Morgan fingerprint density at radius 1 is 0.903 bits per heavy atom. The van der Waals surface area contributed by atoms with Crippen LogP contribution in [0.2, 0.25) is 0 Å². The summed E-state index contributed by atoms with van der Waals surface area (Å²) in [6.07, 6.45) is -0.985. The molecule has 0 aliphatic heterocycles. The number of urea groups is 1. The van der Waals surface area contributed by atoms with Crippen LogP contribution in [-0.4, -0.2) is 22.2 Å². The molecule has 4 rings (SSSR count). The van der Waals surface area contributed by atoms with Crippen LogP contribution in [0.3, 0.4) is 0 Å². The first-order chi connectivity index (χ1) is 14.7. The van der Waals surface area contributed by atoms with Gasteiger partial charge in [0.2, 0.25) is 0 Å². The molecule has 0 unspecified atom stereocenters. The Morgan fingerprint density at radius 2 is 1.48 bits per heavy atom. The molecule has 2 aliphatic carbocycles. The maximum Gasteiger partial charge on any atom is 0.416 e. The van der Waals surface area contributed by atoms with Crippen molar-refractivity contribution in [3.63, 3.8) is 0 Å². The van der Waals surface area contributed by atoms with Crippen molar-refractivity contribution in [1.29, 1.82) is 0 Å². The lowest BCUT2D eigenvalue weighted by atomic mass is 10.0. The summed E-state index contributed by atoms with van der Waals surface area (Å²) in [6, 6.07) is 13.9. The molecule has 2 aromatic rings. The second kappa shape index (κ2) is 8.03. The number of rotatable bonds is 6. The number of benzene rings is 2. The van der Waals surface area contributed by atoms with Gasteiger partial charge in [-0.15, -0.1) is 0 Å². The molecule has 0 bridgehead atoms. The molecular formula is C22H23F3N4OS. The standard InChI is InChI=1S/C22H23F3N4OS/c23-22(24,25)16-6-8-17(9-7-16)27-18(30)28-20(10-11-20)21(12-13-21)29-19(31)26-14-15-4-2-1-3-5-15/h1-9H,10-14H2,(H2,26,29,31)(H2,27,28,30). The highest BCUT2D eigenvalue weighted by molar-refractivity contribution is 7.80. The van der Waals surface area contributed by atoms with Crippen molar-refractivity contribution < 1.29 is 18.0 Å². The van der Waals surface area contributed by atoms with Crippen LogP contribution in [-0.2, 0) is 12.7 Å². The van der Waals surface area contributed by atoms with E-state index in [1.165, 1.54) is 12.1 Å². The lowest BCUT2D eigenvalue weighted by Crippen LogP contribution is -2.58. The number of hydrogen-bond donors (Lipinski definition) is 4. The van der Waals surface area contributed by atoms with Gasteiger partial charge in [-0.3, -0.25) is 0 Å². The number of anilines is 1. The molecule has 4 N–H and O–H groups in total. The predicted molar refractivity (Wildman–Crippen MR) is 117 cm³/mol. The normalized spacial score (nSPS) is 17.9. The maximum atomic E-state index is 12.7. The molecule has 2 aromatic carbocycles. The SMILES string of the molecule is O=C(Nc1ccc(C(F)(F)F)cc1)NC1(C2(NC(=S)NCc3ccccc3)CC2)CC1. The van der Waals surface area contributed by atoms with E-state index in [4.69, 9.17) is 12.2 Å². The second-order valence-electron chi connectivity index (χ2n) is 8.11. The number of carbonyl (C=O) groups is 1. The molecule has 0 spiro atoms. The molecule has 2 aliphatic rings. The molecule has 2 fully saturated rings. The van der Waals surface area contributed by atoms with Crippen molar-refractivity contribution in [2.75, 3.05) is 5.32 Å². The Balaban J connectivity index is 1.31. The molecule has 2 saturated carbocycles. The summed E-state index contributed by atoms with van der Waals surface area (Å²) in [4.78, 5) is 12.5. The molecule has 5 nitrogen and oxygen atoms in total. The minimum Gasteiger partial charge on any atom is -0.359 e. The summed E-state index contributed by atoms with van der Waals surface area (Å²) in [5, 5.41) is 12.8. The summed E-state index contributed by atoms with van der Waals surface area (Å²) < 4.78 is 38.1. The average molecular weight is 449 g/mol. The van der Waals surface area contributed by atoms with Gasteiger partial charge in [-0.25, -0.2) is 4.79 Å².